The van der Waals surface area contributed by atoms with Gasteiger partial charge in [-0.1, -0.05) is 6.07 Å². The molecule has 2 rings (SSSR count). The second-order valence-corrected chi connectivity index (χ2v) is 4.06. The zero-order chi connectivity index (χ0) is 11.4. The molecule has 1 aromatic heterocycles. The normalized spacial score (nSPS) is 10.4. The van der Waals surface area contributed by atoms with Crippen LogP contribution in [-0.4, -0.2) is 9.97 Å². The second-order valence-electron chi connectivity index (χ2n) is 3.05. The van der Waals surface area contributed by atoms with Crippen molar-refractivity contribution in [3.8, 4) is 0 Å². The lowest BCUT2D eigenvalue weighted by molar-refractivity contribution is 0.604. The number of nitrogens with zero attached hydrogens (tertiary/aromatic N) is 2. The van der Waals surface area contributed by atoms with E-state index in [4.69, 9.17) is 5.73 Å². The SMILES string of the molecule is NCc1c(F)cccc1Sc1ncccn1. The summed E-state index contributed by atoms with van der Waals surface area (Å²) >= 11 is 1.31. The van der Waals surface area contributed by atoms with Crippen LogP contribution >= 0.6 is 11.8 Å². The molecule has 0 fully saturated rings. The fourth-order valence-corrected chi connectivity index (χ4v) is 2.14. The molecule has 0 saturated heterocycles. The number of rotatable bonds is 3. The van der Waals surface area contributed by atoms with Gasteiger partial charge in [-0.05, 0) is 30.0 Å². The molecule has 0 unspecified atom stereocenters. The van der Waals surface area contributed by atoms with Gasteiger partial charge in [-0.2, -0.15) is 0 Å². The number of aromatic nitrogens is 2. The summed E-state index contributed by atoms with van der Waals surface area (Å²) in [5.74, 6) is -0.288. The number of benzene rings is 1. The minimum Gasteiger partial charge on any atom is -0.326 e. The van der Waals surface area contributed by atoms with Gasteiger partial charge in [-0.15, -0.1) is 0 Å². The molecule has 0 aliphatic rings. The summed E-state index contributed by atoms with van der Waals surface area (Å²) in [5.41, 5.74) is 6.01. The lowest BCUT2D eigenvalue weighted by atomic mass is 10.2. The van der Waals surface area contributed by atoms with Crippen LogP contribution in [0.15, 0.2) is 46.7 Å². The predicted octanol–water partition coefficient (Wildman–Crippen LogP) is 2.23. The van der Waals surface area contributed by atoms with Crippen molar-refractivity contribution in [3.05, 3.63) is 48.0 Å². The smallest absolute Gasteiger partial charge is 0.192 e. The summed E-state index contributed by atoms with van der Waals surface area (Å²) in [6, 6.07) is 6.60. The van der Waals surface area contributed by atoms with Crippen LogP contribution in [0, 0.1) is 5.82 Å². The summed E-state index contributed by atoms with van der Waals surface area (Å²) in [4.78, 5) is 8.89. The van der Waals surface area contributed by atoms with Crippen molar-refractivity contribution in [3.63, 3.8) is 0 Å². The van der Waals surface area contributed by atoms with Crippen LogP contribution in [0.5, 0.6) is 0 Å². The Hall–Kier alpha value is -1.46. The quantitative estimate of drug-likeness (QED) is 0.829. The standard InChI is InChI=1S/C11H10FN3S/c12-9-3-1-4-10(8(9)7-13)16-11-14-5-2-6-15-11/h1-6H,7,13H2. The molecule has 1 heterocycles. The molecular weight excluding hydrogens is 225 g/mol. The molecule has 0 saturated carbocycles. The van der Waals surface area contributed by atoms with E-state index >= 15 is 0 Å². The Morgan fingerprint density at radius 3 is 2.62 bits per heavy atom. The first-order valence-corrected chi connectivity index (χ1v) is 5.55. The second kappa shape index (κ2) is 5.05. The van der Waals surface area contributed by atoms with Crippen LogP contribution in [0.25, 0.3) is 0 Å². The van der Waals surface area contributed by atoms with Gasteiger partial charge in [0.1, 0.15) is 5.82 Å². The largest absolute Gasteiger partial charge is 0.326 e. The van der Waals surface area contributed by atoms with Crippen LogP contribution in [0.2, 0.25) is 0 Å². The first kappa shape index (κ1) is 11.0. The summed E-state index contributed by atoms with van der Waals surface area (Å²) in [6.45, 7) is 0.168. The molecule has 0 radical (unpaired) electrons. The fraction of sp³-hybridized carbons (Fsp3) is 0.0909. The van der Waals surface area contributed by atoms with E-state index in [1.165, 1.54) is 17.8 Å². The van der Waals surface area contributed by atoms with Crippen LogP contribution in [0.3, 0.4) is 0 Å². The van der Waals surface area contributed by atoms with E-state index < -0.39 is 0 Å². The molecule has 0 aliphatic carbocycles. The monoisotopic (exact) mass is 235 g/mol. The lowest BCUT2D eigenvalue weighted by Crippen LogP contribution is -2.01. The maximum Gasteiger partial charge on any atom is 0.192 e. The number of hydrogen-bond donors (Lipinski definition) is 1. The maximum atomic E-state index is 13.4. The highest BCUT2D eigenvalue weighted by Crippen LogP contribution is 2.28. The summed E-state index contributed by atoms with van der Waals surface area (Å²) in [5, 5.41) is 0.586. The molecule has 0 atom stereocenters. The predicted molar refractivity (Wildman–Crippen MR) is 60.4 cm³/mol. The number of hydrogen-bond acceptors (Lipinski definition) is 4. The third kappa shape index (κ3) is 2.37. The summed E-state index contributed by atoms with van der Waals surface area (Å²) < 4.78 is 13.4. The number of halogens is 1. The fourth-order valence-electron chi connectivity index (χ4n) is 1.27. The molecule has 0 bridgehead atoms. The molecule has 0 amide bonds. The minimum atomic E-state index is -0.288. The highest BCUT2D eigenvalue weighted by atomic mass is 32.2. The Kier molecular flexibility index (Phi) is 3.48. The third-order valence-electron chi connectivity index (χ3n) is 2.02. The molecule has 0 aliphatic heterocycles. The van der Waals surface area contributed by atoms with E-state index in [0.717, 1.165) is 4.90 Å². The third-order valence-corrected chi connectivity index (χ3v) is 3.02. The van der Waals surface area contributed by atoms with E-state index in [2.05, 4.69) is 9.97 Å². The van der Waals surface area contributed by atoms with Crippen LogP contribution in [-0.2, 0) is 6.54 Å². The zero-order valence-corrected chi connectivity index (χ0v) is 9.25. The average molecular weight is 235 g/mol. The molecule has 3 nitrogen and oxygen atoms in total. The highest BCUT2D eigenvalue weighted by Gasteiger charge is 2.08. The van der Waals surface area contributed by atoms with Crippen LogP contribution in [0.4, 0.5) is 4.39 Å². The molecule has 2 aromatic rings. The Morgan fingerprint density at radius 2 is 1.94 bits per heavy atom. The van der Waals surface area contributed by atoms with Crippen molar-refractivity contribution < 1.29 is 4.39 Å². The van der Waals surface area contributed by atoms with E-state index in [1.807, 2.05) is 6.07 Å². The van der Waals surface area contributed by atoms with Crippen molar-refractivity contribution in [1.82, 2.24) is 9.97 Å². The Bertz CT molecular complexity index is 476. The van der Waals surface area contributed by atoms with Crippen LogP contribution in [0.1, 0.15) is 5.56 Å². The minimum absolute atomic E-state index is 0.168. The molecule has 82 valence electrons. The van der Waals surface area contributed by atoms with E-state index in [-0.39, 0.29) is 12.4 Å². The summed E-state index contributed by atoms with van der Waals surface area (Å²) in [7, 11) is 0. The van der Waals surface area contributed by atoms with Gasteiger partial charge in [-0.25, -0.2) is 14.4 Å². The topological polar surface area (TPSA) is 51.8 Å². The highest BCUT2D eigenvalue weighted by molar-refractivity contribution is 7.99. The Balaban J connectivity index is 2.31. The molecule has 1 aromatic carbocycles. The van der Waals surface area contributed by atoms with Gasteiger partial charge in [0.25, 0.3) is 0 Å². The van der Waals surface area contributed by atoms with Gasteiger partial charge < -0.3 is 5.73 Å². The Morgan fingerprint density at radius 1 is 1.19 bits per heavy atom. The van der Waals surface area contributed by atoms with E-state index in [1.54, 1.807) is 24.5 Å². The Labute approximate surface area is 96.9 Å². The molecule has 5 heteroatoms. The zero-order valence-electron chi connectivity index (χ0n) is 8.43. The molecule has 2 N–H and O–H groups in total. The molecule has 0 spiro atoms. The van der Waals surface area contributed by atoms with E-state index in [9.17, 15) is 4.39 Å². The van der Waals surface area contributed by atoms with Crippen molar-refractivity contribution in [1.29, 1.82) is 0 Å². The van der Waals surface area contributed by atoms with Gasteiger partial charge >= 0.3 is 0 Å². The van der Waals surface area contributed by atoms with Crippen molar-refractivity contribution in [2.75, 3.05) is 0 Å². The van der Waals surface area contributed by atoms with Gasteiger partial charge in [-0.3, -0.25) is 0 Å². The van der Waals surface area contributed by atoms with Gasteiger partial charge in [0, 0.05) is 29.4 Å². The van der Waals surface area contributed by atoms with Crippen molar-refractivity contribution >= 4 is 11.8 Å². The molecular formula is C11H10FN3S. The molecule has 16 heavy (non-hydrogen) atoms. The maximum absolute atomic E-state index is 13.4. The first-order chi connectivity index (χ1) is 7.81. The van der Waals surface area contributed by atoms with Gasteiger partial charge in [0.05, 0.1) is 0 Å². The van der Waals surface area contributed by atoms with Crippen LogP contribution < -0.4 is 5.73 Å². The van der Waals surface area contributed by atoms with Crippen molar-refractivity contribution in [2.24, 2.45) is 5.73 Å². The summed E-state index contributed by atoms with van der Waals surface area (Å²) in [6.07, 6.45) is 3.30. The van der Waals surface area contributed by atoms with Gasteiger partial charge in [0.2, 0.25) is 0 Å². The average Bonchev–Trinajstić information content (AvgIpc) is 2.31. The first-order valence-electron chi connectivity index (χ1n) is 4.73. The van der Waals surface area contributed by atoms with Gasteiger partial charge in [0.15, 0.2) is 5.16 Å². The lowest BCUT2D eigenvalue weighted by Gasteiger charge is -2.06. The number of nitrogens with two attached hydrogens (primary N) is 1. The van der Waals surface area contributed by atoms with E-state index in [0.29, 0.717) is 10.7 Å². The van der Waals surface area contributed by atoms with Crippen molar-refractivity contribution in [2.45, 2.75) is 16.6 Å².